The summed E-state index contributed by atoms with van der Waals surface area (Å²) in [6, 6.07) is 15.4. The minimum Gasteiger partial charge on any atom is -0.457 e. The normalized spacial score (nSPS) is 16.4. The smallest absolute Gasteiger partial charge is 0.377 e. The molecule has 0 aliphatic carbocycles. The molecule has 0 spiro atoms. The Morgan fingerprint density at radius 1 is 0.900 bits per heavy atom. The molecule has 2 aromatic carbocycles. The lowest BCUT2D eigenvalue weighted by Crippen LogP contribution is -2.58. The lowest BCUT2D eigenvalue weighted by molar-refractivity contribution is -0.158. The molecule has 0 radical (unpaired) electrons. The quantitative estimate of drug-likeness (QED) is 0.299. The van der Waals surface area contributed by atoms with Crippen LogP contribution in [0.5, 0.6) is 0 Å². The maximum absolute atomic E-state index is 13.6. The van der Waals surface area contributed by atoms with Gasteiger partial charge in [-0.1, -0.05) is 74.5 Å². The van der Waals surface area contributed by atoms with Crippen LogP contribution in [0.3, 0.4) is 0 Å². The molecule has 0 saturated carbocycles. The maximum Gasteiger partial charge on any atom is 0.377 e. The molecule has 214 valence electrons. The van der Waals surface area contributed by atoms with Gasteiger partial charge in [-0.2, -0.15) is 0 Å². The average Bonchev–Trinajstić information content (AvgIpc) is 3.41. The largest absolute Gasteiger partial charge is 0.457 e. The van der Waals surface area contributed by atoms with Crippen LogP contribution in [0.15, 0.2) is 60.7 Å². The number of esters is 1. The zero-order chi connectivity index (χ0) is 29.2. The highest BCUT2D eigenvalue weighted by molar-refractivity contribution is 7.99. The Bertz CT molecular complexity index is 1190. The summed E-state index contributed by atoms with van der Waals surface area (Å²) in [7, 11) is 0. The molecule has 3 amide bonds. The number of hydrogen-bond acceptors (Lipinski definition) is 7. The predicted octanol–water partition coefficient (Wildman–Crippen LogP) is 2.52. The molecule has 3 atom stereocenters. The number of Topliss-reactive ketones (excluding diaryl/α,β-unsaturated/α-hetero) is 1. The molecule has 0 unspecified atom stereocenters. The third-order valence-corrected chi connectivity index (χ3v) is 7.40. The van der Waals surface area contributed by atoms with Crippen LogP contribution < -0.4 is 10.6 Å². The Hall–Kier alpha value is -3.66. The van der Waals surface area contributed by atoms with E-state index in [1.807, 2.05) is 50.2 Å². The Labute approximate surface area is 239 Å². The minimum atomic E-state index is -1.16. The van der Waals surface area contributed by atoms with E-state index in [9.17, 15) is 24.0 Å². The maximum atomic E-state index is 13.6. The van der Waals surface area contributed by atoms with Gasteiger partial charge in [0.15, 0.2) is 0 Å². The van der Waals surface area contributed by atoms with E-state index in [0.717, 1.165) is 11.1 Å². The molecule has 0 aromatic heterocycles. The number of thioether (sulfide) groups is 1. The van der Waals surface area contributed by atoms with Crippen molar-refractivity contribution in [3.05, 3.63) is 71.8 Å². The van der Waals surface area contributed by atoms with E-state index in [1.165, 1.54) is 16.7 Å². The molecule has 9 nitrogen and oxygen atoms in total. The van der Waals surface area contributed by atoms with E-state index in [4.69, 9.17) is 4.74 Å². The summed E-state index contributed by atoms with van der Waals surface area (Å²) in [6.07, 6.45) is -0.267. The molecule has 0 bridgehead atoms. The summed E-state index contributed by atoms with van der Waals surface area (Å²) in [5, 5.41) is 5.54. The Morgan fingerprint density at radius 2 is 1.50 bits per heavy atom. The first kappa shape index (κ1) is 30.9. The zero-order valence-electron chi connectivity index (χ0n) is 23.3. The summed E-state index contributed by atoms with van der Waals surface area (Å²) in [6.45, 7) is 6.94. The topological polar surface area (TPSA) is 122 Å². The standard InChI is InChI=1S/C30H37N3O6S/c1-19(2)26(32-25(34)16-22-13-9-6-10-14-22)29(37)33-18-40-17-24(33)28(36)31-23(15-21-11-7-5-8-12-21)27(35)30(38)39-20(3)4/h5-14,19-20,23-24,26H,15-18H2,1-4H3,(H,31,36)(H,32,34)/t23-,24-,26-/m0/s1. The highest BCUT2D eigenvalue weighted by atomic mass is 32.2. The van der Waals surface area contributed by atoms with Crippen molar-refractivity contribution < 1.29 is 28.7 Å². The molecule has 1 fully saturated rings. The zero-order valence-corrected chi connectivity index (χ0v) is 24.1. The molecule has 1 aliphatic heterocycles. The van der Waals surface area contributed by atoms with E-state index >= 15 is 0 Å². The first-order valence-corrected chi connectivity index (χ1v) is 14.5. The van der Waals surface area contributed by atoms with E-state index in [1.54, 1.807) is 38.1 Å². The molecule has 2 aromatic rings. The van der Waals surface area contributed by atoms with Gasteiger partial charge in [0.1, 0.15) is 18.1 Å². The van der Waals surface area contributed by atoms with Crippen LogP contribution in [0.25, 0.3) is 0 Å². The number of nitrogens with zero attached hydrogens (tertiary/aromatic N) is 1. The molecule has 40 heavy (non-hydrogen) atoms. The lowest BCUT2D eigenvalue weighted by atomic mass is 10.0. The van der Waals surface area contributed by atoms with Crippen molar-refractivity contribution in [2.24, 2.45) is 5.92 Å². The van der Waals surface area contributed by atoms with Gasteiger partial charge in [0.2, 0.25) is 17.7 Å². The summed E-state index contributed by atoms with van der Waals surface area (Å²) in [5.74, 6) is -2.71. The van der Waals surface area contributed by atoms with Crippen LogP contribution in [0.2, 0.25) is 0 Å². The first-order chi connectivity index (χ1) is 19.1. The van der Waals surface area contributed by atoms with Gasteiger partial charge in [0.05, 0.1) is 18.4 Å². The molecular formula is C30H37N3O6S. The van der Waals surface area contributed by atoms with Crippen LogP contribution in [0.4, 0.5) is 0 Å². The van der Waals surface area contributed by atoms with Crippen molar-refractivity contribution in [3.8, 4) is 0 Å². The number of carbonyl (C=O) groups excluding carboxylic acids is 5. The lowest BCUT2D eigenvalue weighted by Gasteiger charge is -2.30. The second-order valence-corrected chi connectivity index (χ2v) is 11.3. The van der Waals surface area contributed by atoms with Gasteiger partial charge < -0.3 is 20.3 Å². The van der Waals surface area contributed by atoms with Gasteiger partial charge in [0, 0.05) is 12.2 Å². The van der Waals surface area contributed by atoms with E-state index in [-0.39, 0.29) is 36.5 Å². The number of rotatable bonds is 12. The van der Waals surface area contributed by atoms with Crippen molar-refractivity contribution in [2.75, 3.05) is 11.6 Å². The first-order valence-electron chi connectivity index (χ1n) is 13.4. The molecule has 1 saturated heterocycles. The van der Waals surface area contributed by atoms with Crippen molar-refractivity contribution in [3.63, 3.8) is 0 Å². The van der Waals surface area contributed by atoms with Crippen LogP contribution in [0, 0.1) is 5.92 Å². The highest BCUT2D eigenvalue weighted by Crippen LogP contribution is 2.24. The highest BCUT2D eigenvalue weighted by Gasteiger charge is 2.40. The van der Waals surface area contributed by atoms with Gasteiger partial charge in [-0.05, 0) is 30.9 Å². The fourth-order valence-electron chi connectivity index (χ4n) is 4.32. The molecule has 2 N–H and O–H groups in total. The minimum absolute atomic E-state index is 0.0938. The van der Waals surface area contributed by atoms with Crippen molar-refractivity contribution in [1.82, 2.24) is 15.5 Å². The molecule has 10 heteroatoms. The van der Waals surface area contributed by atoms with Crippen molar-refractivity contribution >= 4 is 41.2 Å². The van der Waals surface area contributed by atoms with Crippen LogP contribution >= 0.6 is 11.8 Å². The van der Waals surface area contributed by atoms with Crippen molar-refractivity contribution in [1.29, 1.82) is 0 Å². The molecular weight excluding hydrogens is 530 g/mol. The van der Waals surface area contributed by atoms with Gasteiger partial charge in [-0.3, -0.25) is 19.2 Å². The van der Waals surface area contributed by atoms with E-state index in [0.29, 0.717) is 5.75 Å². The number of amides is 3. The van der Waals surface area contributed by atoms with Crippen LogP contribution in [-0.4, -0.2) is 70.2 Å². The van der Waals surface area contributed by atoms with Crippen molar-refractivity contribution in [2.45, 2.75) is 64.8 Å². The molecule has 1 aliphatic rings. The van der Waals surface area contributed by atoms with Crippen LogP contribution in [0.1, 0.15) is 38.8 Å². The van der Waals surface area contributed by atoms with E-state index in [2.05, 4.69) is 10.6 Å². The van der Waals surface area contributed by atoms with Gasteiger partial charge >= 0.3 is 5.97 Å². The van der Waals surface area contributed by atoms with Crippen LogP contribution in [-0.2, 0) is 41.6 Å². The molecule has 1 heterocycles. The number of ketones is 1. The number of ether oxygens (including phenoxy) is 1. The second-order valence-electron chi connectivity index (χ2n) is 10.3. The number of benzene rings is 2. The van der Waals surface area contributed by atoms with Gasteiger partial charge in [0.25, 0.3) is 5.78 Å². The summed E-state index contributed by atoms with van der Waals surface area (Å²) in [4.78, 5) is 66.7. The number of nitrogens with one attached hydrogen (secondary N) is 2. The predicted molar refractivity (Wildman–Crippen MR) is 153 cm³/mol. The van der Waals surface area contributed by atoms with Gasteiger partial charge in [-0.15, -0.1) is 11.8 Å². The summed E-state index contributed by atoms with van der Waals surface area (Å²) >= 11 is 1.41. The van der Waals surface area contributed by atoms with E-state index < -0.39 is 41.9 Å². The SMILES string of the molecule is CC(C)OC(=O)C(=O)[C@H](Cc1ccccc1)NC(=O)[C@@H]1CSCN1C(=O)[C@@H](NC(=O)Cc1ccccc1)C(C)C. The monoisotopic (exact) mass is 567 g/mol. The fourth-order valence-corrected chi connectivity index (χ4v) is 5.48. The number of carbonyl (C=O) groups is 5. The second kappa shape index (κ2) is 14.6. The molecule has 3 rings (SSSR count). The third-order valence-electron chi connectivity index (χ3n) is 6.38. The fraction of sp³-hybridized carbons (Fsp3) is 0.433. The summed E-state index contributed by atoms with van der Waals surface area (Å²) in [5.41, 5.74) is 1.59. The Morgan fingerprint density at radius 3 is 2.08 bits per heavy atom. The third kappa shape index (κ3) is 8.67. The Kier molecular flexibility index (Phi) is 11.3. The number of hydrogen-bond donors (Lipinski definition) is 2. The average molecular weight is 568 g/mol. The summed E-state index contributed by atoms with van der Waals surface area (Å²) < 4.78 is 5.09. The van der Waals surface area contributed by atoms with Gasteiger partial charge in [-0.25, -0.2) is 4.79 Å². The Balaban J connectivity index is 1.73.